The van der Waals surface area contributed by atoms with Gasteiger partial charge in [-0.3, -0.25) is 4.90 Å². The second kappa shape index (κ2) is 5.43. The van der Waals surface area contributed by atoms with Crippen molar-refractivity contribution in [2.24, 2.45) is 0 Å². The zero-order valence-corrected chi connectivity index (χ0v) is 13.7. The molecule has 0 aliphatic carbocycles. The predicted molar refractivity (Wildman–Crippen MR) is 83.7 cm³/mol. The van der Waals surface area contributed by atoms with Gasteiger partial charge in [0, 0.05) is 40.9 Å². The zero-order valence-electron chi connectivity index (χ0n) is 12.2. The highest BCUT2D eigenvalue weighted by molar-refractivity contribution is 9.10. The van der Waals surface area contributed by atoms with E-state index in [4.69, 9.17) is 0 Å². The lowest BCUT2D eigenvalue weighted by Crippen LogP contribution is -2.57. The Kier molecular flexibility index (Phi) is 4.23. The van der Waals surface area contributed by atoms with Gasteiger partial charge in [0.25, 0.3) is 0 Å². The summed E-state index contributed by atoms with van der Waals surface area (Å²) in [5, 5.41) is 9.96. The minimum absolute atomic E-state index is 0.149. The fourth-order valence-electron chi connectivity index (χ4n) is 2.59. The van der Waals surface area contributed by atoms with Crippen LogP contribution in [0, 0.1) is 0 Å². The Hall–Kier alpha value is -0.580. The number of aliphatic hydroxyl groups is 1. The van der Waals surface area contributed by atoms with E-state index in [2.05, 4.69) is 52.7 Å². The Labute approximate surface area is 124 Å². The highest BCUT2D eigenvalue weighted by Crippen LogP contribution is 2.32. The monoisotopic (exact) mass is 326 g/mol. The maximum absolute atomic E-state index is 9.96. The van der Waals surface area contributed by atoms with E-state index in [1.165, 1.54) is 0 Å². The number of rotatable bonds is 2. The Morgan fingerprint density at radius 3 is 2.58 bits per heavy atom. The molecule has 1 fully saturated rings. The first-order chi connectivity index (χ1) is 8.81. The molecule has 1 aliphatic rings. The Morgan fingerprint density at radius 2 is 2.00 bits per heavy atom. The van der Waals surface area contributed by atoms with Crippen LogP contribution in [0.3, 0.4) is 0 Å². The van der Waals surface area contributed by atoms with Crippen molar-refractivity contribution in [3.63, 3.8) is 0 Å². The number of halogens is 1. The first-order valence-corrected chi connectivity index (χ1v) is 7.54. The van der Waals surface area contributed by atoms with Gasteiger partial charge < -0.3 is 10.0 Å². The highest BCUT2D eigenvalue weighted by Gasteiger charge is 2.32. The standard InChI is InChI=1S/C15H23BrN2O/c1-11(19)13-6-5-12(16)9-14(13)18-8-7-17(4)15(2,3)10-18/h5-6,9,11,19H,7-8,10H2,1-4H3. The first-order valence-electron chi connectivity index (χ1n) is 6.75. The maximum atomic E-state index is 9.96. The van der Waals surface area contributed by atoms with Crippen LogP contribution in [0.25, 0.3) is 0 Å². The fraction of sp³-hybridized carbons (Fsp3) is 0.600. The Bertz CT molecular complexity index is 459. The van der Waals surface area contributed by atoms with E-state index in [1.54, 1.807) is 0 Å². The molecule has 106 valence electrons. The minimum atomic E-state index is -0.439. The third-order valence-electron chi connectivity index (χ3n) is 4.10. The van der Waals surface area contributed by atoms with E-state index in [0.717, 1.165) is 35.4 Å². The molecule has 0 aromatic heterocycles. The Balaban J connectivity index is 2.34. The van der Waals surface area contributed by atoms with Crippen molar-refractivity contribution in [1.29, 1.82) is 0 Å². The van der Waals surface area contributed by atoms with Gasteiger partial charge in [-0.15, -0.1) is 0 Å². The summed E-state index contributed by atoms with van der Waals surface area (Å²) < 4.78 is 1.06. The number of aliphatic hydroxyl groups excluding tert-OH is 1. The lowest BCUT2D eigenvalue weighted by molar-refractivity contribution is 0.138. The molecule has 0 radical (unpaired) electrons. The van der Waals surface area contributed by atoms with Crippen molar-refractivity contribution in [2.45, 2.75) is 32.4 Å². The van der Waals surface area contributed by atoms with E-state index in [9.17, 15) is 5.11 Å². The van der Waals surface area contributed by atoms with Crippen molar-refractivity contribution < 1.29 is 5.11 Å². The van der Waals surface area contributed by atoms with Crippen molar-refractivity contribution in [3.05, 3.63) is 28.2 Å². The summed E-state index contributed by atoms with van der Waals surface area (Å²) >= 11 is 3.53. The van der Waals surface area contributed by atoms with Gasteiger partial charge in [0.1, 0.15) is 0 Å². The quantitative estimate of drug-likeness (QED) is 0.904. The molecule has 0 bridgehead atoms. The summed E-state index contributed by atoms with van der Waals surface area (Å²) in [6, 6.07) is 6.12. The van der Waals surface area contributed by atoms with Gasteiger partial charge in [0.15, 0.2) is 0 Å². The van der Waals surface area contributed by atoms with Crippen LogP contribution >= 0.6 is 15.9 Å². The molecule has 1 aromatic rings. The molecular formula is C15H23BrN2O. The van der Waals surface area contributed by atoms with Gasteiger partial charge in [0.2, 0.25) is 0 Å². The second-order valence-electron chi connectivity index (χ2n) is 6.03. The van der Waals surface area contributed by atoms with E-state index >= 15 is 0 Å². The van der Waals surface area contributed by atoms with Crippen LogP contribution in [0.15, 0.2) is 22.7 Å². The first kappa shape index (κ1) is 14.8. The summed E-state index contributed by atoms with van der Waals surface area (Å²) in [6.45, 7) is 9.36. The largest absolute Gasteiger partial charge is 0.389 e. The average Bonchev–Trinajstić information content (AvgIpc) is 2.32. The second-order valence-corrected chi connectivity index (χ2v) is 6.95. The number of piperazine rings is 1. The van der Waals surface area contributed by atoms with E-state index < -0.39 is 6.10 Å². The van der Waals surface area contributed by atoms with Gasteiger partial charge in [0.05, 0.1) is 6.10 Å². The number of nitrogens with zero attached hydrogens (tertiary/aromatic N) is 2. The third kappa shape index (κ3) is 3.12. The van der Waals surface area contributed by atoms with Gasteiger partial charge in [-0.2, -0.15) is 0 Å². The molecule has 4 heteroatoms. The van der Waals surface area contributed by atoms with Crippen molar-refractivity contribution in [3.8, 4) is 0 Å². The molecule has 0 spiro atoms. The lowest BCUT2D eigenvalue weighted by Gasteiger charge is -2.46. The summed E-state index contributed by atoms with van der Waals surface area (Å²) in [5.74, 6) is 0. The fourth-order valence-corrected chi connectivity index (χ4v) is 2.94. The maximum Gasteiger partial charge on any atom is 0.0782 e. The van der Waals surface area contributed by atoms with Crippen LogP contribution in [0.5, 0.6) is 0 Å². The molecule has 0 amide bonds. The molecule has 1 N–H and O–H groups in total. The highest BCUT2D eigenvalue weighted by atomic mass is 79.9. The molecule has 1 unspecified atom stereocenters. The van der Waals surface area contributed by atoms with E-state index in [-0.39, 0.29) is 5.54 Å². The molecule has 2 rings (SSSR count). The lowest BCUT2D eigenvalue weighted by atomic mass is 9.97. The van der Waals surface area contributed by atoms with Crippen LogP contribution in [-0.4, -0.2) is 42.2 Å². The molecule has 19 heavy (non-hydrogen) atoms. The predicted octanol–water partition coefficient (Wildman–Crippen LogP) is 3.03. The molecule has 1 aliphatic heterocycles. The summed E-state index contributed by atoms with van der Waals surface area (Å²) in [7, 11) is 2.17. The molecule has 3 nitrogen and oxygen atoms in total. The van der Waals surface area contributed by atoms with Gasteiger partial charge >= 0.3 is 0 Å². The van der Waals surface area contributed by atoms with Gasteiger partial charge in [-0.1, -0.05) is 22.0 Å². The summed E-state index contributed by atoms with van der Waals surface area (Å²) in [4.78, 5) is 4.77. The summed E-state index contributed by atoms with van der Waals surface area (Å²) in [5.41, 5.74) is 2.30. The number of hydrogen-bond acceptors (Lipinski definition) is 3. The van der Waals surface area contributed by atoms with Gasteiger partial charge in [-0.25, -0.2) is 0 Å². The van der Waals surface area contributed by atoms with Crippen LogP contribution < -0.4 is 4.90 Å². The van der Waals surface area contributed by atoms with Crippen LogP contribution in [0.2, 0.25) is 0 Å². The Morgan fingerprint density at radius 1 is 1.32 bits per heavy atom. The third-order valence-corrected chi connectivity index (χ3v) is 4.59. The molecule has 1 heterocycles. The minimum Gasteiger partial charge on any atom is -0.389 e. The molecular weight excluding hydrogens is 304 g/mol. The zero-order chi connectivity index (χ0) is 14.2. The summed E-state index contributed by atoms with van der Waals surface area (Å²) in [6.07, 6.45) is -0.439. The molecule has 1 aromatic carbocycles. The van der Waals surface area contributed by atoms with Crippen molar-refractivity contribution in [1.82, 2.24) is 4.90 Å². The average molecular weight is 327 g/mol. The van der Waals surface area contributed by atoms with Crippen LogP contribution in [0.1, 0.15) is 32.4 Å². The number of likely N-dealkylation sites (N-methyl/N-ethyl adjacent to an activating group) is 1. The van der Waals surface area contributed by atoms with Crippen LogP contribution in [-0.2, 0) is 0 Å². The molecule has 1 saturated heterocycles. The number of hydrogen-bond donors (Lipinski definition) is 1. The van der Waals surface area contributed by atoms with E-state index in [0.29, 0.717) is 0 Å². The SMILES string of the molecule is CC(O)c1ccc(Br)cc1N1CCN(C)C(C)(C)C1. The smallest absolute Gasteiger partial charge is 0.0782 e. The topological polar surface area (TPSA) is 26.7 Å². The van der Waals surface area contributed by atoms with Crippen molar-refractivity contribution in [2.75, 3.05) is 31.6 Å². The van der Waals surface area contributed by atoms with Gasteiger partial charge in [-0.05, 0) is 40.0 Å². The van der Waals surface area contributed by atoms with Crippen molar-refractivity contribution >= 4 is 21.6 Å². The number of anilines is 1. The number of benzene rings is 1. The van der Waals surface area contributed by atoms with Crippen LogP contribution in [0.4, 0.5) is 5.69 Å². The van der Waals surface area contributed by atoms with E-state index in [1.807, 2.05) is 19.1 Å². The molecule has 1 atom stereocenters. The normalized spacial score (nSPS) is 21.5. The molecule has 0 saturated carbocycles.